The molecule has 0 amide bonds. The molecule has 0 unspecified atom stereocenters. The molecule has 1 aliphatic carbocycles. The zero-order valence-corrected chi connectivity index (χ0v) is 10.6. The molecule has 0 aromatic heterocycles. The van der Waals surface area contributed by atoms with E-state index in [0.717, 1.165) is 12.5 Å². The summed E-state index contributed by atoms with van der Waals surface area (Å²) in [4.78, 5) is 0. The van der Waals surface area contributed by atoms with Crippen LogP contribution in [-0.4, -0.2) is 6.54 Å². The molecular weight excluding hydrogens is 194 g/mol. The van der Waals surface area contributed by atoms with Crippen LogP contribution in [0.1, 0.15) is 43.2 Å². The van der Waals surface area contributed by atoms with Gasteiger partial charge in [0.1, 0.15) is 0 Å². The number of benzene rings is 1. The third-order valence-electron chi connectivity index (χ3n) is 3.86. The van der Waals surface area contributed by atoms with E-state index in [-0.39, 0.29) is 0 Å². The fraction of sp³-hybridized carbons (Fsp3) is 0.600. The van der Waals surface area contributed by atoms with E-state index in [1.54, 1.807) is 0 Å². The second-order valence-electron chi connectivity index (χ2n) is 5.16. The van der Waals surface area contributed by atoms with Gasteiger partial charge in [0.05, 0.1) is 0 Å². The van der Waals surface area contributed by atoms with Crippen molar-refractivity contribution in [1.82, 2.24) is 0 Å². The lowest BCUT2D eigenvalue weighted by Gasteiger charge is -2.11. The third-order valence-corrected chi connectivity index (χ3v) is 3.86. The Kier molecular flexibility index (Phi) is 3.87. The predicted molar refractivity (Wildman–Crippen MR) is 71.0 cm³/mol. The highest BCUT2D eigenvalue weighted by molar-refractivity contribution is 5.47. The van der Waals surface area contributed by atoms with Gasteiger partial charge in [-0.25, -0.2) is 0 Å². The molecule has 0 heterocycles. The molecule has 1 fully saturated rings. The van der Waals surface area contributed by atoms with Crippen LogP contribution in [0.4, 0.5) is 5.69 Å². The minimum atomic E-state index is 0.985. The number of rotatable bonds is 4. The minimum absolute atomic E-state index is 0.985. The lowest BCUT2D eigenvalue weighted by molar-refractivity contribution is 0.518. The van der Waals surface area contributed by atoms with Crippen LogP contribution in [0, 0.1) is 19.8 Å². The maximum Gasteiger partial charge on any atom is 0.0342 e. The van der Waals surface area contributed by atoms with E-state index in [4.69, 9.17) is 0 Å². The van der Waals surface area contributed by atoms with Gasteiger partial charge in [-0.3, -0.25) is 0 Å². The first-order valence-corrected chi connectivity index (χ1v) is 6.57. The van der Waals surface area contributed by atoms with Crippen molar-refractivity contribution in [2.24, 2.45) is 5.92 Å². The number of hydrogen-bond acceptors (Lipinski definition) is 1. The van der Waals surface area contributed by atoms with Gasteiger partial charge in [0, 0.05) is 12.2 Å². The van der Waals surface area contributed by atoms with E-state index >= 15 is 0 Å². The lowest BCUT2D eigenvalue weighted by atomic mass is 10.0. The van der Waals surface area contributed by atoms with Gasteiger partial charge in [0.2, 0.25) is 0 Å². The summed E-state index contributed by atoms with van der Waals surface area (Å²) < 4.78 is 0. The highest BCUT2D eigenvalue weighted by Crippen LogP contribution is 2.27. The minimum Gasteiger partial charge on any atom is -0.385 e. The SMILES string of the molecule is Cc1ccc(NCCC2CCCC2)cc1C. The molecule has 0 radical (unpaired) electrons. The normalized spacial score (nSPS) is 16.6. The lowest BCUT2D eigenvalue weighted by Crippen LogP contribution is -2.06. The molecular formula is C15H23N. The van der Waals surface area contributed by atoms with Gasteiger partial charge in [-0.2, -0.15) is 0 Å². The first-order valence-electron chi connectivity index (χ1n) is 6.57. The molecule has 2 rings (SSSR count). The molecule has 1 aliphatic rings. The largest absolute Gasteiger partial charge is 0.385 e. The van der Waals surface area contributed by atoms with Gasteiger partial charge in [-0.05, 0) is 49.4 Å². The monoisotopic (exact) mass is 217 g/mol. The molecule has 0 saturated heterocycles. The summed E-state index contributed by atoms with van der Waals surface area (Å²) in [5.74, 6) is 0.985. The van der Waals surface area contributed by atoms with E-state index in [0.29, 0.717) is 0 Å². The van der Waals surface area contributed by atoms with Crippen molar-refractivity contribution in [2.75, 3.05) is 11.9 Å². The maximum atomic E-state index is 3.54. The van der Waals surface area contributed by atoms with E-state index in [1.807, 2.05) is 0 Å². The van der Waals surface area contributed by atoms with Crippen molar-refractivity contribution in [1.29, 1.82) is 0 Å². The van der Waals surface area contributed by atoms with Gasteiger partial charge in [0.25, 0.3) is 0 Å². The molecule has 1 aromatic carbocycles. The van der Waals surface area contributed by atoms with E-state index in [9.17, 15) is 0 Å². The van der Waals surface area contributed by atoms with E-state index in [2.05, 4.69) is 37.4 Å². The Labute approximate surface area is 99.3 Å². The fourth-order valence-electron chi connectivity index (χ4n) is 2.57. The average Bonchev–Trinajstić information content (AvgIpc) is 2.76. The Balaban J connectivity index is 1.78. The topological polar surface area (TPSA) is 12.0 Å². The van der Waals surface area contributed by atoms with Crippen molar-refractivity contribution in [2.45, 2.75) is 46.0 Å². The molecule has 88 valence electrons. The van der Waals surface area contributed by atoms with Crippen molar-refractivity contribution in [3.63, 3.8) is 0 Å². The zero-order chi connectivity index (χ0) is 11.4. The molecule has 1 heteroatoms. The Hall–Kier alpha value is -0.980. The molecule has 1 saturated carbocycles. The van der Waals surface area contributed by atoms with Crippen molar-refractivity contribution in [3.8, 4) is 0 Å². The van der Waals surface area contributed by atoms with Crippen LogP contribution in [-0.2, 0) is 0 Å². The van der Waals surface area contributed by atoms with Gasteiger partial charge in [0.15, 0.2) is 0 Å². The van der Waals surface area contributed by atoms with E-state index < -0.39 is 0 Å². The third kappa shape index (κ3) is 3.01. The first-order chi connectivity index (χ1) is 7.75. The number of aryl methyl sites for hydroxylation is 2. The summed E-state index contributed by atoms with van der Waals surface area (Å²) in [7, 11) is 0. The second-order valence-corrected chi connectivity index (χ2v) is 5.16. The molecule has 1 aromatic rings. The van der Waals surface area contributed by atoms with Crippen molar-refractivity contribution < 1.29 is 0 Å². The molecule has 1 N–H and O–H groups in total. The number of nitrogens with one attached hydrogen (secondary N) is 1. The Morgan fingerprint density at radius 2 is 1.88 bits per heavy atom. The highest BCUT2D eigenvalue weighted by atomic mass is 14.9. The smallest absolute Gasteiger partial charge is 0.0342 e. The number of anilines is 1. The van der Waals surface area contributed by atoms with Crippen LogP contribution in [0.15, 0.2) is 18.2 Å². The molecule has 0 aliphatic heterocycles. The van der Waals surface area contributed by atoms with Crippen LogP contribution < -0.4 is 5.32 Å². The quantitative estimate of drug-likeness (QED) is 0.793. The van der Waals surface area contributed by atoms with Crippen molar-refractivity contribution in [3.05, 3.63) is 29.3 Å². The van der Waals surface area contributed by atoms with Crippen LogP contribution in [0.25, 0.3) is 0 Å². The van der Waals surface area contributed by atoms with Gasteiger partial charge < -0.3 is 5.32 Å². The number of hydrogen-bond donors (Lipinski definition) is 1. The summed E-state index contributed by atoms with van der Waals surface area (Å²) in [5.41, 5.74) is 4.04. The summed E-state index contributed by atoms with van der Waals surface area (Å²) in [6, 6.07) is 6.65. The molecule has 0 bridgehead atoms. The average molecular weight is 217 g/mol. The van der Waals surface area contributed by atoms with Gasteiger partial charge in [-0.1, -0.05) is 31.7 Å². The molecule has 0 atom stereocenters. The van der Waals surface area contributed by atoms with E-state index in [1.165, 1.54) is 48.9 Å². The Bertz CT molecular complexity index is 337. The summed E-state index contributed by atoms with van der Waals surface area (Å²) in [6.45, 7) is 5.47. The van der Waals surface area contributed by atoms with Gasteiger partial charge >= 0.3 is 0 Å². The second kappa shape index (κ2) is 5.38. The summed E-state index contributed by atoms with van der Waals surface area (Å²) in [5, 5.41) is 3.54. The van der Waals surface area contributed by atoms with Crippen LogP contribution >= 0.6 is 0 Å². The highest BCUT2D eigenvalue weighted by Gasteiger charge is 2.13. The molecule has 16 heavy (non-hydrogen) atoms. The zero-order valence-electron chi connectivity index (χ0n) is 10.6. The Morgan fingerprint density at radius 1 is 1.12 bits per heavy atom. The fourth-order valence-corrected chi connectivity index (χ4v) is 2.57. The molecule has 0 spiro atoms. The first kappa shape index (κ1) is 11.5. The summed E-state index contributed by atoms with van der Waals surface area (Å²) >= 11 is 0. The predicted octanol–water partition coefficient (Wildman–Crippen LogP) is 4.30. The van der Waals surface area contributed by atoms with Gasteiger partial charge in [-0.15, -0.1) is 0 Å². The molecule has 1 nitrogen and oxygen atoms in total. The van der Waals surface area contributed by atoms with Crippen LogP contribution in [0.5, 0.6) is 0 Å². The van der Waals surface area contributed by atoms with Crippen molar-refractivity contribution >= 4 is 5.69 Å². The maximum absolute atomic E-state index is 3.54. The van der Waals surface area contributed by atoms with Crippen LogP contribution in [0.2, 0.25) is 0 Å². The summed E-state index contributed by atoms with van der Waals surface area (Å²) in [6.07, 6.45) is 7.15. The van der Waals surface area contributed by atoms with Crippen LogP contribution in [0.3, 0.4) is 0 Å². The Morgan fingerprint density at radius 3 is 2.56 bits per heavy atom. The standard InChI is InChI=1S/C15H23N/c1-12-7-8-15(11-13(12)2)16-10-9-14-5-3-4-6-14/h7-8,11,14,16H,3-6,9-10H2,1-2H3.